The SMILES string of the molecule is NC(=O)C(O)CNC1CC(c2cccc(Cl)c2)C1. The van der Waals surface area contributed by atoms with Crippen molar-refractivity contribution in [2.24, 2.45) is 5.73 Å². The first-order valence-electron chi connectivity index (χ1n) is 6.02. The van der Waals surface area contributed by atoms with E-state index in [0.717, 1.165) is 17.9 Å². The molecule has 1 fully saturated rings. The van der Waals surface area contributed by atoms with Gasteiger partial charge in [0.1, 0.15) is 6.10 Å². The van der Waals surface area contributed by atoms with Crippen LogP contribution in [0.4, 0.5) is 0 Å². The fraction of sp³-hybridized carbons (Fsp3) is 0.462. The smallest absolute Gasteiger partial charge is 0.247 e. The molecule has 0 spiro atoms. The molecular formula is C13H17ClN2O2. The predicted octanol–water partition coefficient (Wildman–Crippen LogP) is 1.02. The van der Waals surface area contributed by atoms with Crippen LogP contribution in [0.5, 0.6) is 0 Å². The maximum absolute atomic E-state index is 10.7. The van der Waals surface area contributed by atoms with Crippen molar-refractivity contribution in [3.8, 4) is 0 Å². The van der Waals surface area contributed by atoms with Gasteiger partial charge in [-0.1, -0.05) is 23.7 Å². The van der Waals surface area contributed by atoms with Gasteiger partial charge in [-0.2, -0.15) is 0 Å². The lowest BCUT2D eigenvalue weighted by atomic mass is 9.76. The van der Waals surface area contributed by atoms with Crippen molar-refractivity contribution in [2.45, 2.75) is 30.9 Å². The summed E-state index contributed by atoms with van der Waals surface area (Å²) in [5.41, 5.74) is 6.22. The molecule has 2 rings (SSSR count). The number of halogens is 1. The van der Waals surface area contributed by atoms with Crippen molar-refractivity contribution in [3.63, 3.8) is 0 Å². The monoisotopic (exact) mass is 268 g/mol. The molecule has 0 aromatic heterocycles. The highest BCUT2D eigenvalue weighted by molar-refractivity contribution is 6.30. The average Bonchev–Trinajstić information content (AvgIpc) is 2.26. The maximum atomic E-state index is 10.7. The summed E-state index contributed by atoms with van der Waals surface area (Å²) >= 11 is 5.94. The Morgan fingerprint density at radius 3 is 2.89 bits per heavy atom. The second kappa shape index (κ2) is 5.69. The van der Waals surface area contributed by atoms with Gasteiger partial charge in [0.15, 0.2) is 0 Å². The van der Waals surface area contributed by atoms with Crippen LogP contribution in [0.1, 0.15) is 24.3 Å². The molecule has 0 bridgehead atoms. The average molecular weight is 269 g/mol. The Morgan fingerprint density at radius 2 is 2.28 bits per heavy atom. The van der Waals surface area contributed by atoms with Crippen LogP contribution in [0, 0.1) is 0 Å². The minimum Gasteiger partial charge on any atom is -0.382 e. The largest absolute Gasteiger partial charge is 0.382 e. The van der Waals surface area contributed by atoms with Crippen LogP contribution in [-0.4, -0.2) is 29.7 Å². The molecule has 1 aliphatic rings. The lowest BCUT2D eigenvalue weighted by Crippen LogP contribution is -2.46. The van der Waals surface area contributed by atoms with E-state index in [0.29, 0.717) is 12.0 Å². The van der Waals surface area contributed by atoms with Gasteiger partial charge in [-0.15, -0.1) is 0 Å². The summed E-state index contributed by atoms with van der Waals surface area (Å²) < 4.78 is 0. The highest BCUT2D eigenvalue weighted by Gasteiger charge is 2.30. The van der Waals surface area contributed by atoms with Crippen LogP contribution in [0.2, 0.25) is 5.02 Å². The molecule has 0 radical (unpaired) electrons. The van der Waals surface area contributed by atoms with Crippen molar-refractivity contribution < 1.29 is 9.90 Å². The fourth-order valence-corrected chi connectivity index (χ4v) is 2.39. The van der Waals surface area contributed by atoms with E-state index in [-0.39, 0.29) is 6.54 Å². The van der Waals surface area contributed by atoms with Crippen molar-refractivity contribution in [1.29, 1.82) is 0 Å². The number of primary amides is 1. The number of hydrogen-bond acceptors (Lipinski definition) is 3. The quantitative estimate of drug-likeness (QED) is 0.746. The summed E-state index contributed by atoms with van der Waals surface area (Å²) in [4.78, 5) is 10.7. The molecule has 1 saturated carbocycles. The zero-order valence-electron chi connectivity index (χ0n) is 9.97. The fourth-order valence-electron chi connectivity index (χ4n) is 2.20. The maximum Gasteiger partial charge on any atom is 0.247 e. The van der Waals surface area contributed by atoms with Crippen LogP contribution in [0.25, 0.3) is 0 Å². The second-order valence-corrected chi connectivity index (χ2v) is 5.18. The number of nitrogens with two attached hydrogens (primary N) is 1. The van der Waals surface area contributed by atoms with E-state index >= 15 is 0 Å². The first-order chi connectivity index (χ1) is 8.56. The summed E-state index contributed by atoms with van der Waals surface area (Å²) in [6, 6.07) is 8.21. The number of benzene rings is 1. The summed E-state index contributed by atoms with van der Waals surface area (Å²) in [6.45, 7) is 0.224. The minimum atomic E-state index is -1.10. The minimum absolute atomic E-state index is 0.224. The van der Waals surface area contributed by atoms with Crippen LogP contribution in [0.3, 0.4) is 0 Å². The van der Waals surface area contributed by atoms with Gasteiger partial charge in [-0.25, -0.2) is 0 Å². The Bertz CT molecular complexity index is 433. The van der Waals surface area contributed by atoms with E-state index in [1.165, 1.54) is 5.56 Å². The van der Waals surface area contributed by atoms with Gasteiger partial charge in [0.05, 0.1) is 0 Å². The zero-order valence-corrected chi connectivity index (χ0v) is 10.7. The zero-order chi connectivity index (χ0) is 13.1. The summed E-state index contributed by atoms with van der Waals surface area (Å²) in [5.74, 6) is -0.180. The van der Waals surface area contributed by atoms with E-state index in [9.17, 15) is 9.90 Å². The van der Waals surface area contributed by atoms with E-state index in [1.807, 2.05) is 18.2 Å². The molecule has 98 valence electrons. The summed E-state index contributed by atoms with van der Waals surface area (Å²) in [6.07, 6.45) is 0.882. The summed E-state index contributed by atoms with van der Waals surface area (Å²) in [5, 5.41) is 13.1. The number of rotatable bonds is 5. The Hall–Kier alpha value is -1.10. The van der Waals surface area contributed by atoms with E-state index in [1.54, 1.807) is 0 Å². The van der Waals surface area contributed by atoms with Gasteiger partial charge in [0, 0.05) is 17.6 Å². The molecule has 4 nitrogen and oxygen atoms in total. The molecule has 1 amide bonds. The van der Waals surface area contributed by atoms with Crippen molar-refractivity contribution >= 4 is 17.5 Å². The number of nitrogens with one attached hydrogen (secondary N) is 1. The number of aliphatic hydroxyl groups excluding tert-OH is 1. The third-order valence-corrected chi connectivity index (χ3v) is 3.62. The van der Waals surface area contributed by atoms with Crippen molar-refractivity contribution in [1.82, 2.24) is 5.32 Å². The van der Waals surface area contributed by atoms with Crippen LogP contribution in [-0.2, 0) is 4.79 Å². The van der Waals surface area contributed by atoms with E-state index < -0.39 is 12.0 Å². The van der Waals surface area contributed by atoms with Crippen molar-refractivity contribution in [2.75, 3.05) is 6.54 Å². The van der Waals surface area contributed by atoms with E-state index in [2.05, 4.69) is 11.4 Å². The predicted molar refractivity (Wildman–Crippen MR) is 70.4 cm³/mol. The molecule has 1 atom stereocenters. The Morgan fingerprint density at radius 1 is 1.56 bits per heavy atom. The highest BCUT2D eigenvalue weighted by Crippen LogP contribution is 2.37. The molecule has 0 heterocycles. The Kier molecular flexibility index (Phi) is 4.22. The number of hydrogen-bond donors (Lipinski definition) is 3. The van der Waals surface area contributed by atoms with Gasteiger partial charge < -0.3 is 16.2 Å². The number of aliphatic hydroxyl groups is 1. The Labute approximate surface area is 111 Å². The molecule has 4 N–H and O–H groups in total. The molecule has 1 unspecified atom stereocenters. The van der Waals surface area contributed by atoms with E-state index in [4.69, 9.17) is 17.3 Å². The lowest BCUT2D eigenvalue weighted by molar-refractivity contribution is -0.125. The van der Waals surface area contributed by atoms with Crippen LogP contribution in [0.15, 0.2) is 24.3 Å². The van der Waals surface area contributed by atoms with Crippen molar-refractivity contribution in [3.05, 3.63) is 34.9 Å². The first kappa shape index (κ1) is 13.3. The Balaban J connectivity index is 1.76. The molecular weight excluding hydrogens is 252 g/mol. The van der Waals surface area contributed by atoms with Gasteiger partial charge >= 0.3 is 0 Å². The molecule has 1 aromatic rings. The first-order valence-corrected chi connectivity index (χ1v) is 6.40. The molecule has 1 aromatic carbocycles. The van der Waals surface area contributed by atoms with Gasteiger partial charge in [-0.3, -0.25) is 4.79 Å². The van der Waals surface area contributed by atoms with Gasteiger partial charge in [0.2, 0.25) is 5.91 Å². The molecule has 1 aliphatic carbocycles. The second-order valence-electron chi connectivity index (χ2n) is 4.75. The third-order valence-electron chi connectivity index (χ3n) is 3.39. The topological polar surface area (TPSA) is 75.4 Å². The molecule has 18 heavy (non-hydrogen) atoms. The van der Waals surface area contributed by atoms with Gasteiger partial charge in [0.25, 0.3) is 0 Å². The number of amides is 1. The van der Waals surface area contributed by atoms with Gasteiger partial charge in [-0.05, 0) is 36.5 Å². The molecule has 5 heteroatoms. The number of carbonyl (C=O) groups excluding carboxylic acids is 1. The standard InChI is InChI=1S/C13H17ClN2O2/c14-10-3-1-2-8(4-10)9-5-11(6-9)16-7-12(17)13(15)18/h1-4,9,11-12,16-17H,5-7H2,(H2,15,18). The third kappa shape index (κ3) is 3.22. The number of carbonyl (C=O) groups is 1. The van der Waals surface area contributed by atoms with Crippen LogP contribution < -0.4 is 11.1 Å². The summed E-state index contributed by atoms with van der Waals surface area (Å²) in [7, 11) is 0. The van der Waals surface area contributed by atoms with Crippen LogP contribution >= 0.6 is 11.6 Å². The lowest BCUT2D eigenvalue weighted by Gasteiger charge is -2.36. The molecule has 0 saturated heterocycles. The highest BCUT2D eigenvalue weighted by atomic mass is 35.5. The normalized spacial score (nSPS) is 24.3. The molecule has 0 aliphatic heterocycles.